The summed E-state index contributed by atoms with van der Waals surface area (Å²) in [5.41, 5.74) is -0.0997. The quantitative estimate of drug-likeness (QED) is 0.453. The van der Waals surface area contributed by atoms with E-state index in [4.69, 9.17) is 9.84 Å². The number of aromatic nitrogens is 4. The molecule has 0 aliphatic carbocycles. The Labute approximate surface area is 170 Å². The molecule has 0 fully saturated rings. The minimum Gasteiger partial charge on any atom is -0.491 e. The van der Waals surface area contributed by atoms with Crippen LogP contribution in [-0.2, 0) is 25.4 Å². The SMILES string of the molecule is Cc1ccccc1OC[C@@H](O)Cn1c(NCC(=O)O)nc2c1c(=O)n(C)c(=O)n2C. The smallest absolute Gasteiger partial charge is 0.332 e. The van der Waals surface area contributed by atoms with Gasteiger partial charge in [0.15, 0.2) is 11.2 Å². The number of carboxylic acids is 1. The Kier molecular flexibility index (Phi) is 5.92. The average Bonchev–Trinajstić information content (AvgIpc) is 3.06. The molecule has 0 saturated heterocycles. The van der Waals surface area contributed by atoms with Gasteiger partial charge in [0.1, 0.15) is 25.0 Å². The van der Waals surface area contributed by atoms with Gasteiger partial charge in [-0.25, -0.2) is 4.79 Å². The van der Waals surface area contributed by atoms with E-state index in [2.05, 4.69) is 10.3 Å². The molecule has 0 aliphatic heterocycles. The third-order valence-electron chi connectivity index (χ3n) is 4.66. The molecular formula is C19H23N5O6. The van der Waals surface area contributed by atoms with Gasteiger partial charge in [0.05, 0.1) is 6.54 Å². The molecule has 0 saturated carbocycles. The number of benzene rings is 1. The Morgan fingerprint density at radius 2 is 1.93 bits per heavy atom. The molecule has 2 aromatic heterocycles. The fourth-order valence-electron chi connectivity index (χ4n) is 3.08. The second-order valence-corrected chi connectivity index (χ2v) is 6.90. The first-order valence-electron chi connectivity index (χ1n) is 9.19. The molecule has 11 nitrogen and oxygen atoms in total. The molecule has 3 rings (SSSR count). The molecule has 0 amide bonds. The summed E-state index contributed by atoms with van der Waals surface area (Å²) in [6.45, 7) is 1.27. The lowest BCUT2D eigenvalue weighted by atomic mass is 10.2. The molecule has 2 heterocycles. The van der Waals surface area contributed by atoms with E-state index in [0.717, 1.165) is 10.1 Å². The van der Waals surface area contributed by atoms with Crippen molar-refractivity contribution < 1.29 is 19.7 Å². The van der Waals surface area contributed by atoms with Crippen LogP contribution in [0.5, 0.6) is 5.75 Å². The predicted molar refractivity (Wildman–Crippen MR) is 109 cm³/mol. The summed E-state index contributed by atoms with van der Waals surface area (Å²) in [7, 11) is 2.80. The molecule has 1 atom stereocenters. The van der Waals surface area contributed by atoms with E-state index in [1.807, 2.05) is 25.1 Å². The van der Waals surface area contributed by atoms with Crippen molar-refractivity contribution in [2.45, 2.75) is 19.6 Å². The summed E-state index contributed by atoms with van der Waals surface area (Å²) in [6, 6.07) is 7.34. The number of hydrogen-bond donors (Lipinski definition) is 3. The van der Waals surface area contributed by atoms with E-state index < -0.39 is 29.9 Å². The lowest BCUT2D eigenvalue weighted by molar-refractivity contribution is -0.134. The Balaban J connectivity index is 1.96. The van der Waals surface area contributed by atoms with Crippen LogP contribution in [0.15, 0.2) is 33.9 Å². The molecule has 3 N–H and O–H groups in total. The summed E-state index contributed by atoms with van der Waals surface area (Å²) in [6.07, 6.45) is -1.03. The Morgan fingerprint density at radius 3 is 2.60 bits per heavy atom. The Hall–Kier alpha value is -3.60. The molecule has 160 valence electrons. The molecule has 3 aromatic rings. The molecule has 0 spiro atoms. The maximum atomic E-state index is 12.7. The van der Waals surface area contributed by atoms with E-state index in [0.29, 0.717) is 5.75 Å². The number of rotatable bonds is 8. The number of aryl methyl sites for hydroxylation is 2. The molecule has 0 radical (unpaired) electrons. The number of anilines is 1. The van der Waals surface area contributed by atoms with Gasteiger partial charge in [-0.05, 0) is 18.6 Å². The minimum atomic E-state index is -1.13. The molecule has 0 bridgehead atoms. The Morgan fingerprint density at radius 1 is 1.23 bits per heavy atom. The van der Waals surface area contributed by atoms with Crippen LogP contribution in [-0.4, -0.2) is 54.1 Å². The third kappa shape index (κ3) is 4.06. The van der Waals surface area contributed by atoms with Gasteiger partial charge in [0.25, 0.3) is 5.56 Å². The maximum Gasteiger partial charge on any atom is 0.332 e. The number of nitrogens with zero attached hydrogens (tertiary/aromatic N) is 4. The number of hydrogen-bond acceptors (Lipinski definition) is 7. The van der Waals surface area contributed by atoms with Crippen LogP contribution in [0.2, 0.25) is 0 Å². The monoisotopic (exact) mass is 417 g/mol. The van der Waals surface area contributed by atoms with Gasteiger partial charge in [-0.15, -0.1) is 0 Å². The lowest BCUT2D eigenvalue weighted by Crippen LogP contribution is -2.38. The topological polar surface area (TPSA) is 141 Å². The predicted octanol–water partition coefficient (Wildman–Crippen LogP) is -0.321. The highest BCUT2D eigenvalue weighted by Gasteiger charge is 2.21. The molecule has 30 heavy (non-hydrogen) atoms. The maximum absolute atomic E-state index is 12.7. The van der Waals surface area contributed by atoms with E-state index in [1.165, 1.54) is 23.2 Å². The van der Waals surface area contributed by atoms with Crippen molar-refractivity contribution in [1.29, 1.82) is 0 Å². The first-order chi connectivity index (χ1) is 14.2. The number of nitrogens with one attached hydrogen (secondary N) is 1. The van der Waals surface area contributed by atoms with Crippen LogP contribution in [0.4, 0.5) is 5.95 Å². The summed E-state index contributed by atoms with van der Waals surface area (Å²) in [4.78, 5) is 40.1. The normalized spacial score (nSPS) is 12.1. The summed E-state index contributed by atoms with van der Waals surface area (Å²) >= 11 is 0. The number of aliphatic carboxylic acids is 1. The fraction of sp³-hybridized carbons (Fsp3) is 0.368. The van der Waals surface area contributed by atoms with Crippen molar-refractivity contribution in [3.8, 4) is 5.75 Å². The van der Waals surface area contributed by atoms with Crippen molar-refractivity contribution in [3.63, 3.8) is 0 Å². The van der Waals surface area contributed by atoms with E-state index in [1.54, 1.807) is 6.07 Å². The van der Waals surface area contributed by atoms with Gasteiger partial charge in [-0.3, -0.25) is 18.7 Å². The summed E-state index contributed by atoms with van der Waals surface area (Å²) in [5, 5.41) is 22.1. The van der Waals surface area contributed by atoms with Gasteiger partial charge in [0.2, 0.25) is 5.95 Å². The second-order valence-electron chi connectivity index (χ2n) is 6.90. The van der Waals surface area contributed by atoms with Gasteiger partial charge in [0, 0.05) is 14.1 Å². The van der Waals surface area contributed by atoms with Crippen molar-refractivity contribution in [3.05, 3.63) is 50.7 Å². The van der Waals surface area contributed by atoms with Crippen LogP contribution < -0.4 is 21.3 Å². The highest BCUT2D eigenvalue weighted by atomic mass is 16.5. The zero-order valence-corrected chi connectivity index (χ0v) is 16.8. The minimum absolute atomic E-state index is 0.0561. The van der Waals surface area contributed by atoms with Crippen molar-refractivity contribution in [1.82, 2.24) is 18.7 Å². The number of carboxylic acid groups (broad SMARTS) is 1. The number of aliphatic hydroxyl groups is 1. The summed E-state index contributed by atoms with van der Waals surface area (Å²) in [5.74, 6) is -0.450. The van der Waals surface area contributed by atoms with E-state index in [9.17, 15) is 19.5 Å². The van der Waals surface area contributed by atoms with Crippen LogP contribution >= 0.6 is 0 Å². The van der Waals surface area contributed by atoms with Crippen molar-refractivity contribution in [2.24, 2.45) is 14.1 Å². The van der Waals surface area contributed by atoms with Crippen molar-refractivity contribution in [2.75, 3.05) is 18.5 Å². The molecule has 0 unspecified atom stereocenters. The number of aliphatic hydroxyl groups excluding tert-OH is 1. The largest absolute Gasteiger partial charge is 0.491 e. The number of ether oxygens (including phenoxy) is 1. The second kappa shape index (κ2) is 8.41. The van der Waals surface area contributed by atoms with Gasteiger partial charge >= 0.3 is 11.7 Å². The van der Waals surface area contributed by atoms with Gasteiger partial charge < -0.3 is 24.8 Å². The standard InChI is InChI=1S/C19H23N5O6/c1-11-6-4-5-7-13(11)30-10-12(25)9-24-15-16(21-18(24)20-8-14(26)27)22(2)19(29)23(3)17(15)28/h4-7,12,25H,8-10H2,1-3H3,(H,20,21)(H,26,27)/t12-/m0/s1. The number of carbonyl (C=O) groups is 1. The first-order valence-corrected chi connectivity index (χ1v) is 9.19. The molecule has 11 heteroatoms. The van der Waals surface area contributed by atoms with Crippen LogP contribution in [0.1, 0.15) is 5.56 Å². The fourth-order valence-corrected chi connectivity index (χ4v) is 3.08. The lowest BCUT2D eigenvalue weighted by Gasteiger charge is -2.16. The van der Waals surface area contributed by atoms with Crippen molar-refractivity contribution >= 4 is 23.1 Å². The third-order valence-corrected chi connectivity index (χ3v) is 4.66. The molecule has 0 aliphatic rings. The van der Waals surface area contributed by atoms with Crippen LogP contribution in [0.25, 0.3) is 11.2 Å². The van der Waals surface area contributed by atoms with E-state index >= 15 is 0 Å². The highest BCUT2D eigenvalue weighted by Crippen LogP contribution is 2.18. The summed E-state index contributed by atoms with van der Waals surface area (Å²) < 4.78 is 9.14. The van der Waals surface area contributed by atoms with E-state index in [-0.39, 0.29) is 30.3 Å². The average molecular weight is 417 g/mol. The highest BCUT2D eigenvalue weighted by molar-refractivity contribution is 5.76. The number of fused-ring (bicyclic) bond motifs is 1. The molecule has 1 aromatic carbocycles. The van der Waals surface area contributed by atoms with Crippen LogP contribution in [0, 0.1) is 6.92 Å². The van der Waals surface area contributed by atoms with Gasteiger partial charge in [-0.1, -0.05) is 18.2 Å². The van der Waals surface area contributed by atoms with Gasteiger partial charge in [-0.2, -0.15) is 4.98 Å². The molecular weight excluding hydrogens is 394 g/mol. The zero-order valence-electron chi connectivity index (χ0n) is 16.8. The zero-order chi connectivity index (χ0) is 22.0. The Bertz CT molecular complexity index is 1210. The van der Waals surface area contributed by atoms with Crippen LogP contribution in [0.3, 0.4) is 0 Å². The number of para-hydroxylation sites is 1. The first kappa shape index (κ1) is 21.1. The number of imidazole rings is 1.